The number of alkyl halides is 2. The molecule has 2 unspecified atom stereocenters. The third-order valence-electron chi connectivity index (χ3n) is 3.73. The Balaban J connectivity index is 1.58. The van der Waals surface area contributed by atoms with Crippen LogP contribution >= 0.6 is 0 Å². The molecule has 102 valence electrons. The molecule has 2 N–H and O–H groups in total. The lowest BCUT2D eigenvalue weighted by Gasteiger charge is -2.08. The van der Waals surface area contributed by atoms with Crippen molar-refractivity contribution in [1.82, 2.24) is 10.6 Å². The molecule has 1 saturated carbocycles. The van der Waals surface area contributed by atoms with Crippen LogP contribution in [0, 0.1) is 11.8 Å². The van der Waals surface area contributed by atoms with Crippen molar-refractivity contribution < 1.29 is 18.3 Å². The lowest BCUT2D eigenvalue weighted by Crippen LogP contribution is -2.32. The predicted octanol–water partition coefficient (Wildman–Crippen LogP) is 1.24. The first-order valence-electron chi connectivity index (χ1n) is 6.21. The number of benzene rings is 1. The maximum Gasteiger partial charge on any atom is 0.387 e. The van der Waals surface area contributed by atoms with Gasteiger partial charge in [0.2, 0.25) is 0 Å². The van der Waals surface area contributed by atoms with E-state index < -0.39 is 6.61 Å². The van der Waals surface area contributed by atoms with Crippen molar-refractivity contribution in [2.24, 2.45) is 11.8 Å². The van der Waals surface area contributed by atoms with Gasteiger partial charge in [-0.3, -0.25) is 4.79 Å². The van der Waals surface area contributed by atoms with E-state index in [0.717, 1.165) is 13.1 Å². The van der Waals surface area contributed by atoms with Crippen molar-refractivity contribution in [3.8, 4) is 5.75 Å². The Labute approximate surface area is 109 Å². The topological polar surface area (TPSA) is 50.4 Å². The molecule has 19 heavy (non-hydrogen) atoms. The van der Waals surface area contributed by atoms with Crippen LogP contribution in [-0.2, 0) is 0 Å². The van der Waals surface area contributed by atoms with Crippen LogP contribution < -0.4 is 15.4 Å². The van der Waals surface area contributed by atoms with Gasteiger partial charge < -0.3 is 15.4 Å². The number of amides is 1. The van der Waals surface area contributed by atoms with Crippen LogP contribution in [0.15, 0.2) is 24.3 Å². The summed E-state index contributed by atoms with van der Waals surface area (Å²) >= 11 is 0. The minimum Gasteiger partial charge on any atom is -0.435 e. The molecule has 2 fully saturated rings. The molecule has 0 spiro atoms. The normalized spacial score (nSPS) is 28.1. The molecule has 6 heteroatoms. The Bertz CT molecular complexity index is 468. The number of ether oxygens (including phenoxy) is 1. The van der Waals surface area contributed by atoms with Gasteiger partial charge in [0, 0.05) is 24.7 Å². The fraction of sp³-hybridized carbons (Fsp3) is 0.462. The number of rotatable bonds is 4. The molecular formula is C13H14F2N2O2. The van der Waals surface area contributed by atoms with Gasteiger partial charge in [0.15, 0.2) is 0 Å². The Kier molecular flexibility index (Phi) is 3.10. The first-order valence-corrected chi connectivity index (χ1v) is 6.21. The van der Waals surface area contributed by atoms with Crippen molar-refractivity contribution in [2.75, 3.05) is 13.1 Å². The molecule has 1 aliphatic heterocycles. The Morgan fingerprint density at radius 2 is 1.89 bits per heavy atom. The van der Waals surface area contributed by atoms with E-state index in [4.69, 9.17) is 0 Å². The highest BCUT2D eigenvalue weighted by molar-refractivity contribution is 5.94. The van der Waals surface area contributed by atoms with E-state index in [9.17, 15) is 13.6 Å². The smallest absolute Gasteiger partial charge is 0.387 e. The quantitative estimate of drug-likeness (QED) is 0.863. The van der Waals surface area contributed by atoms with Gasteiger partial charge in [-0.1, -0.05) is 0 Å². The minimum absolute atomic E-state index is 0.0547. The number of carbonyl (C=O) groups excluding carboxylic acids is 1. The molecule has 1 aromatic carbocycles. The molecular weight excluding hydrogens is 254 g/mol. The Hall–Kier alpha value is -1.69. The van der Waals surface area contributed by atoms with Crippen molar-refractivity contribution in [3.63, 3.8) is 0 Å². The highest BCUT2D eigenvalue weighted by atomic mass is 19.3. The number of hydrogen-bond acceptors (Lipinski definition) is 3. The van der Waals surface area contributed by atoms with E-state index in [1.807, 2.05) is 0 Å². The first-order chi connectivity index (χ1) is 9.15. The summed E-state index contributed by atoms with van der Waals surface area (Å²) in [7, 11) is 0. The maximum atomic E-state index is 12.0. The largest absolute Gasteiger partial charge is 0.435 e. The van der Waals surface area contributed by atoms with Crippen LogP contribution in [-0.4, -0.2) is 31.7 Å². The lowest BCUT2D eigenvalue weighted by molar-refractivity contribution is -0.0498. The van der Waals surface area contributed by atoms with Gasteiger partial charge in [0.25, 0.3) is 5.91 Å². The zero-order valence-corrected chi connectivity index (χ0v) is 10.1. The summed E-state index contributed by atoms with van der Waals surface area (Å²) in [5.41, 5.74) is 0.458. The second kappa shape index (κ2) is 4.77. The van der Waals surface area contributed by atoms with Gasteiger partial charge in [-0.25, -0.2) is 0 Å². The lowest BCUT2D eigenvalue weighted by atomic mass is 10.2. The van der Waals surface area contributed by atoms with E-state index in [1.165, 1.54) is 24.3 Å². The molecule has 0 radical (unpaired) electrons. The number of halogens is 2. The standard InChI is InChI=1S/C13H14F2N2O2/c14-13(15)19-8-3-1-7(2-4-8)12(18)17-11-9-5-16-6-10(9)11/h1-4,9-11,13,16H,5-6H2,(H,17,18). The molecule has 1 saturated heterocycles. The van der Waals surface area contributed by atoms with Crippen molar-refractivity contribution >= 4 is 5.91 Å². The van der Waals surface area contributed by atoms with Gasteiger partial charge in [-0.2, -0.15) is 8.78 Å². The molecule has 2 atom stereocenters. The van der Waals surface area contributed by atoms with E-state index in [1.54, 1.807) is 0 Å². The zero-order chi connectivity index (χ0) is 13.4. The summed E-state index contributed by atoms with van der Waals surface area (Å²) in [5.74, 6) is 0.984. The third kappa shape index (κ3) is 2.53. The van der Waals surface area contributed by atoms with Crippen LogP contribution in [0.25, 0.3) is 0 Å². The van der Waals surface area contributed by atoms with Gasteiger partial charge >= 0.3 is 6.61 Å². The summed E-state index contributed by atoms with van der Waals surface area (Å²) in [6, 6.07) is 5.98. The van der Waals surface area contributed by atoms with E-state index >= 15 is 0 Å². The molecule has 1 amide bonds. The zero-order valence-electron chi connectivity index (χ0n) is 10.1. The molecule has 2 aliphatic rings. The fourth-order valence-electron chi connectivity index (χ4n) is 2.65. The van der Waals surface area contributed by atoms with Gasteiger partial charge in [0.1, 0.15) is 5.75 Å². The molecule has 0 aromatic heterocycles. The highest BCUT2D eigenvalue weighted by Gasteiger charge is 2.53. The first kappa shape index (κ1) is 12.3. The SMILES string of the molecule is O=C(NC1C2CNCC21)c1ccc(OC(F)F)cc1. The van der Waals surface area contributed by atoms with E-state index in [0.29, 0.717) is 17.4 Å². The molecule has 1 heterocycles. The highest BCUT2D eigenvalue weighted by Crippen LogP contribution is 2.41. The summed E-state index contributed by atoms with van der Waals surface area (Å²) in [5, 5.41) is 6.22. The third-order valence-corrected chi connectivity index (χ3v) is 3.73. The molecule has 1 aliphatic carbocycles. The van der Waals surface area contributed by atoms with Crippen LogP contribution in [0.1, 0.15) is 10.4 Å². The average Bonchev–Trinajstić information content (AvgIpc) is 2.83. The predicted molar refractivity (Wildman–Crippen MR) is 64.2 cm³/mol. The summed E-state index contributed by atoms with van der Waals surface area (Å²) in [6.07, 6.45) is 0. The average molecular weight is 268 g/mol. The number of fused-ring (bicyclic) bond motifs is 1. The number of carbonyl (C=O) groups is 1. The van der Waals surface area contributed by atoms with E-state index in [-0.39, 0.29) is 17.7 Å². The second-order valence-electron chi connectivity index (χ2n) is 4.89. The number of piperidine rings is 1. The fourth-order valence-corrected chi connectivity index (χ4v) is 2.65. The van der Waals surface area contributed by atoms with Crippen LogP contribution in [0.3, 0.4) is 0 Å². The van der Waals surface area contributed by atoms with Crippen molar-refractivity contribution in [3.05, 3.63) is 29.8 Å². The monoisotopic (exact) mass is 268 g/mol. The molecule has 0 bridgehead atoms. The molecule has 4 nitrogen and oxygen atoms in total. The maximum absolute atomic E-state index is 12.0. The van der Waals surface area contributed by atoms with Crippen molar-refractivity contribution in [2.45, 2.75) is 12.7 Å². The Morgan fingerprint density at radius 1 is 1.26 bits per heavy atom. The van der Waals surface area contributed by atoms with Crippen molar-refractivity contribution in [1.29, 1.82) is 0 Å². The number of nitrogens with one attached hydrogen (secondary N) is 2. The summed E-state index contributed by atoms with van der Waals surface area (Å²) < 4.78 is 28.2. The van der Waals surface area contributed by atoms with Crippen LogP contribution in [0.4, 0.5) is 8.78 Å². The van der Waals surface area contributed by atoms with E-state index in [2.05, 4.69) is 15.4 Å². The molecule has 3 rings (SSSR count). The van der Waals surface area contributed by atoms with Gasteiger partial charge in [0.05, 0.1) is 0 Å². The minimum atomic E-state index is -2.85. The Morgan fingerprint density at radius 3 is 2.47 bits per heavy atom. The van der Waals surface area contributed by atoms with Crippen LogP contribution in [0.2, 0.25) is 0 Å². The van der Waals surface area contributed by atoms with Gasteiger partial charge in [-0.15, -0.1) is 0 Å². The van der Waals surface area contributed by atoms with Crippen LogP contribution in [0.5, 0.6) is 5.75 Å². The van der Waals surface area contributed by atoms with Gasteiger partial charge in [-0.05, 0) is 36.1 Å². The summed E-state index contributed by atoms with van der Waals surface area (Å²) in [4.78, 5) is 11.9. The number of hydrogen-bond donors (Lipinski definition) is 2. The molecule has 1 aromatic rings. The second-order valence-corrected chi connectivity index (χ2v) is 4.89. The summed E-state index contributed by atoms with van der Waals surface area (Å²) in [6.45, 7) is -0.939.